The van der Waals surface area contributed by atoms with Gasteiger partial charge in [0.15, 0.2) is 0 Å². The average molecular weight is 282 g/mol. The summed E-state index contributed by atoms with van der Waals surface area (Å²) in [5.41, 5.74) is 7.33. The van der Waals surface area contributed by atoms with E-state index < -0.39 is 11.6 Å². The van der Waals surface area contributed by atoms with Crippen LogP contribution in [0.15, 0.2) is 45.6 Å². The fourth-order valence-corrected chi connectivity index (χ4v) is 2.63. The summed E-state index contributed by atoms with van der Waals surface area (Å²) < 4.78 is 6.65. The number of carbonyl (C=O) groups excluding carboxylic acids is 1. The molecular weight excluding hydrogens is 268 g/mol. The minimum absolute atomic E-state index is 0.378. The highest BCUT2D eigenvalue weighted by Gasteiger charge is 2.20. The van der Waals surface area contributed by atoms with Crippen molar-refractivity contribution >= 4 is 17.0 Å². The molecule has 1 amide bonds. The first kappa shape index (κ1) is 13.2. The fraction of sp³-hybridized carbons (Fsp3) is 0.125. The number of fused-ring (bicyclic) bond motifs is 1. The number of nitrogens with two attached hydrogens (primary N) is 1. The van der Waals surface area contributed by atoms with E-state index in [4.69, 9.17) is 10.2 Å². The number of rotatable bonds is 1. The Hall–Kier alpha value is -2.82. The lowest BCUT2D eigenvalue weighted by atomic mass is 10.0. The zero-order valence-corrected chi connectivity index (χ0v) is 11.7. The standard InChI is InChI=1S/C16H14N2O3/c1-9-8-12-14(15(19)18(9)16(17)20)13(10(2)21-12)11-6-4-3-5-7-11/h3-8H,1-2H3,(H2,17,20). The Labute approximate surface area is 120 Å². The van der Waals surface area contributed by atoms with Gasteiger partial charge in [-0.3, -0.25) is 4.79 Å². The van der Waals surface area contributed by atoms with Crippen LogP contribution < -0.4 is 11.3 Å². The van der Waals surface area contributed by atoms with Crippen LogP contribution >= 0.6 is 0 Å². The van der Waals surface area contributed by atoms with E-state index in [0.717, 1.165) is 10.1 Å². The number of hydrogen-bond acceptors (Lipinski definition) is 3. The smallest absolute Gasteiger partial charge is 0.326 e. The van der Waals surface area contributed by atoms with E-state index in [0.29, 0.717) is 28.0 Å². The fourth-order valence-electron chi connectivity index (χ4n) is 2.63. The van der Waals surface area contributed by atoms with Crippen LogP contribution in [0.25, 0.3) is 22.1 Å². The molecule has 0 aliphatic rings. The number of furan rings is 1. The number of aryl methyl sites for hydroxylation is 2. The molecule has 0 atom stereocenters. The van der Waals surface area contributed by atoms with Gasteiger partial charge < -0.3 is 10.2 Å². The highest BCUT2D eigenvalue weighted by molar-refractivity contribution is 5.96. The summed E-state index contributed by atoms with van der Waals surface area (Å²) in [4.78, 5) is 24.1. The van der Waals surface area contributed by atoms with Gasteiger partial charge in [-0.1, -0.05) is 30.3 Å². The van der Waals surface area contributed by atoms with E-state index >= 15 is 0 Å². The Morgan fingerprint density at radius 3 is 2.48 bits per heavy atom. The lowest BCUT2D eigenvalue weighted by molar-refractivity contribution is 0.249. The highest BCUT2D eigenvalue weighted by atomic mass is 16.3. The topological polar surface area (TPSA) is 78.2 Å². The summed E-state index contributed by atoms with van der Waals surface area (Å²) in [6.07, 6.45) is 0. The van der Waals surface area contributed by atoms with Gasteiger partial charge in [0.1, 0.15) is 11.3 Å². The highest BCUT2D eigenvalue weighted by Crippen LogP contribution is 2.32. The number of benzene rings is 1. The van der Waals surface area contributed by atoms with Gasteiger partial charge in [0.2, 0.25) is 0 Å². The molecule has 0 fully saturated rings. The van der Waals surface area contributed by atoms with E-state index in [1.165, 1.54) is 0 Å². The van der Waals surface area contributed by atoms with Crippen molar-refractivity contribution in [2.24, 2.45) is 5.73 Å². The molecule has 1 aromatic carbocycles. The molecule has 0 radical (unpaired) electrons. The van der Waals surface area contributed by atoms with Crippen LogP contribution in [0.4, 0.5) is 4.79 Å². The number of aromatic nitrogens is 1. The summed E-state index contributed by atoms with van der Waals surface area (Å²) in [6, 6.07) is 10.3. The summed E-state index contributed by atoms with van der Waals surface area (Å²) in [5, 5.41) is 0.378. The molecule has 2 heterocycles. The molecule has 0 bridgehead atoms. The van der Waals surface area contributed by atoms with Gasteiger partial charge in [-0.2, -0.15) is 0 Å². The molecule has 3 aromatic rings. The Balaban J connectivity index is 2.47. The molecule has 2 aromatic heterocycles. The van der Waals surface area contributed by atoms with Gasteiger partial charge in [-0.05, 0) is 19.4 Å². The number of primary amides is 1. The van der Waals surface area contributed by atoms with Gasteiger partial charge in [0.05, 0.1) is 5.39 Å². The Kier molecular flexibility index (Phi) is 2.90. The van der Waals surface area contributed by atoms with Gasteiger partial charge in [0.25, 0.3) is 5.56 Å². The molecular formula is C16H14N2O3. The van der Waals surface area contributed by atoms with Crippen molar-refractivity contribution < 1.29 is 9.21 Å². The quantitative estimate of drug-likeness (QED) is 0.745. The summed E-state index contributed by atoms with van der Waals surface area (Å²) in [6.45, 7) is 3.44. The second-order valence-electron chi connectivity index (χ2n) is 4.90. The van der Waals surface area contributed by atoms with Gasteiger partial charge in [-0.25, -0.2) is 9.36 Å². The van der Waals surface area contributed by atoms with Gasteiger partial charge >= 0.3 is 6.03 Å². The molecule has 0 aliphatic heterocycles. The van der Waals surface area contributed by atoms with E-state index in [1.54, 1.807) is 19.9 Å². The Morgan fingerprint density at radius 1 is 1.19 bits per heavy atom. The third-order valence-electron chi connectivity index (χ3n) is 3.50. The predicted molar refractivity (Wildman–Crippen MR) is 80.4 cm³/mol. The van der Waals surface area contributed by atoms with Crippen LogP contribution in [0.5, 0.6) is 0 Å². The average Bonchev–Trinajstić information content (AvgIpc) is 2.75. The molecule has 0 saturated heterocycles. The normalized spacial score (nSPS) is 11.0. The summed E-state index contributed by atoms with van der Waals surface area (Å²) in [7, 11) is 0. The maximum Gasteiger partial charge on any atom is 0.326 e. The molecule has 0 saturated carbocycles. The third kappa shape index (κ3) is 1.94. The van der Waals surface area contributed by atoms with Crippen LogP contribution in [-0.2, 0) is 0 Å². The maximum absolute atomic E-state index is 12.6. The second kappa shape index (κ2) is 4.63. The molecule has 106 valence electrons. The monoisotopic (exact) mass is 282 g/mol. The van der Waals surface area contributed by atoms with Gasteiger partial charge in [0, 0.05) is 17.3 Å². The second-order valence-corrected chi connectivity index (χ2v) is 4.90. The van der Waals surface area contributed by atoms with Crippen LogP contribution in [0, 0.1) is 13.8 Å². The molecule has 0 spiro atoms. The number of hydrogen-bond donors (Lipinski definition) is 1. The molecule has 2 N–H and O–H groups in total. The lowest BCUT2D eigenvalue weighted by Gasteiger charge is -2.05. The van der Waals surface area contributed by atoms with Crippen molar-refractivity contribution in [1.29, 1.82) is 0 Å². The summed E-state index contributed by atoms with van der Waals surface area (Å²) in [5.74, 6) is 0.634. The van der Waals surface area contributed by atoms with E-state index in [-0.39, 0.29) is 0 Å². The zero-order chi connectivity index (χ0) is 15.1. The van der Waals surface area contributed by atoms with E-state index in [1.807, 2.05) is 30.3 Å². The first-order valence-electron chi connectivity index (χ1n) is 6.51. The van der Waals surface area contributed by atoms with Crippen molar-refractivity contribution in [2.75, 3.05) is 0 Å². The number of pyridine rings is 1. The Morgan fingerprint density at radius 2 is 1.86 bits per heavy atom. The zero-order valence-electron chi connectivity index (χ0n) is 11.7. The van der Waals surface area contributed by atoms with Crippen LogP contribution in [0.2, 0.25) is 0 Å². The van der Waals surface area contributed by atoms with E-state index in [2.05, 4.69) is 0 Å². The molecule has 0 unspecified atom stereocenters. The van der Waals surface area contributed by atoms with Crippen molar-refractivity contribution in [3.05, 3.63) is 58.2 Å². The molecule has 3 rings (SSSR count). The van der Waals surface area contributed by atoms with Crippen LogP contribution in [0.1, 0.15) is 11.5 Å². The predicted octanol–water partition coefficient (Wildman–Crippen LogP) is 2.81. The molecule has 5 heteroatoms. The van der Waals surface area contributed by atoms with Crippen LogP contribution in [-0.4, -0.2) is 10.6 Å². The summed E-state index contributed by atoms with van der Waals surface area (Å²) >= 11 is 0. The van der Waals surface area contributed by atoms with Gasteiger partial charge in [-0.15, -0.1) is 0 Å². The van der Waals surface area contributed by atoms with E-state index in [9.17, 15) is 9.59 Å². The molecule has 21 heavy (non-hydrogen) atoms. The van der Waals surface area contributed by atoms with Crippen LogP contribution in [0.3, 0.4) is 0 Å². The lowest BCUT2D eigenvalue weighted by Crippen LogP contribution is -2.33. The Bertz CT molecular complexity index is 905. The minimum Gasteiger partial charge on any atom is -0.460 e. The van der Waals surface area contributed by atoms with Crippen molar-refractivity contribution in [2.45, 2.75) is 13.8 Å². The third-order valence-corrected chi connectivity index (χ3v) is 3.50. The SMILES string of the molecule is Cc1oc2cc(C)n(C(N)=O)c(=O)c2c1-c1ccccc1. The first-order valence-corrected chi connectivity index (χ1v) is 6.51. The number of nitrogens with zero attached hydrogens (tertiary/aromatic N) is 1. The number of carbonyl (C=O) groups is 1. The molecule has 5 nitrogen and oxygen atoms in total. The van der Waals surface area contributed by atoms with Crippen molar-refractivity contribution in [3.8, 4) is 11.1 Å². The van der Waals surface area contributed by atoms with Crippen molar-refractivity contribution in [1.82, 2.24) is 4.57 Å². The number of amides is 1. The minimum atomic E-state index is -0.794. The largest absolute Gasteiger partial charge is 0.460 e. The first-order chi connectivity index (χ1) is 10.0. The molecule has 0 aliphatic carbocycles. The maximum atomic E-state index is 12.6. The van der Waals surface area contributed by atoms with Crippen molar-refractivity contribution in [3.63, 3.8) is 0 Å².